The van der Waals surface area contributed by atoms with Crippen molar-refractivity contribution < 1.29 is 28.3 Å². The first kappa shape index (κ1) is 29.2. The number of furan rings is 1. The van der Waals surface area contributed by atoms with Crippen molar-refractivity contribution in [3.05, 3.63) is 69.7 Å². The summed E-state index contributed by atoms with van der Waals surface area (Å²) in [6.07, 6.45) is 6.54. The Kier molecular flexibility index (Phi) is 8.75. The molecule has 0 radical (unpaired) electrons. The average molecular weight is 603 g/mol. The van der Waals surface area contributed by atoms with Gasteiger partial charge in [-0.25, -0.2) is 0 Å². The number of benzene rings is 1. The number of methoxy groups -OCH3 is 1. The zero-order valence-electron chi connectivity index (χ0n) is 22.9. The molecule has 2 saturated heterocycles. The minimum absolute atomic E-state index is 0.0398. The van der Waals surface area contributed by atoms with Gasteiger partial charge >= 0.3 is 5.97 Å². The summed E-state index contributed by atoms with van der Waals surface area (Å²) in [5.41, 5.74) is 0.293. The highest BCUT2D eigenvalue weighted by Crippen LogP contribution is 2.50. The summed E-state index contributed by atoms with van der Waals surface area (Å²) in [6.45, 7) is 1.58. The smallest absolute Gasteiger partial charge is 0.317 e. The minimum atomic E-state index is -1.03. The summed E-state index contributed by atoms with van der Waals surface area (Å²) in [5, 5.41) is 0.902. The van der Waals surface area contributed by atoms with Gasteiger partial charge in [-0.15, -0.1) is 0 Å². The van der Waals surface area contributed by atoms with Gasteiger partial charge in [0.15, 0.2) is 5.76 Å². The summed E-state index contributed by atoms with van der Waals surface area (Å²) < 4.78 is 10.5. The highest BCUT2D eigenvalue weighted by Gasteiger charge is 2.54. The summed E-state index contributed by atoms with van der Waals surface area (Å²) in [6, 6.07) is 8.38. The second-order valence-corrected chi connectivity index (χ2v) is 11.7. The molecule has 1 aliphatic carbocycles. The SMILES string of the molecule is COC(=O)[C@]12CCCCC=C1N(Cc1ccc(Cl)cc1Cl)C(=O)[C@H](CC(=O)N1CCN(C(=O)c3ccco3)CC1)C2. The van der Waals surface area contributed by atoms with E-state index in [-0.39, 0.29) is 42.9 Å². The zero-order valence-corrected chi connectivity index (χ0v) is 24.5. The third-order valence-corrected chi connectivity index (χ3v) is 8.97. The van der Waals surface area contributed by atoms with Crippen LogP contribution in [0.25, 0.3) is 0 Å². The molecule has 1 aromatic heterocycles. The van der Waals surface area contributed by atoms with Crippen molar-refractivity contribution in [2.75, 3.05) is 33.3 Å². The molecule has 41 heavy (non-hydrogen) atoms. The molecule has 3 aliphatic rings. The lowest BCUT2D eigenvalue weighted by Gasteiger charge is -2.46. The van der Waals surface area contributed by atoms with Crippen molar-refractivity contribution in [3.8, 4) is 0 Å². The van der Waals surface area contributed by atoms with Gasteiger partial charge in [0.05, 0.1) is 19.9 Å². The number of esters is 1. The van der Waals surface area contributed by atoms with Crippen LogP contribution in [0.4, 0.5) is 0 Å². The molecule has 9 nitrogen and oxygen atoms in total. The van der Waals surface area contributed by atoms with Crippen LogP contribution in [0.15, 0.2) is 52.8 Å². The summed E-state index contributed by atoms with van der Waals surface area (Å²) in [7, 11) is 1.36. The number of rotatable bonds is 6. The first-order chi connectivity index (χ1) is 19.7. The predicted octanol–water partition coefficient (Wildman–Crippen LogP) is 4.93. The number of halogens is 2. The first-order valence-corrected chi connectivity index (χ1v) is 14.6. The van der Waals surface area contributed by atoms with Crippen LogP contribution in [0.1, 0.15) is 54.6 Å². The molecule has 3 heterocycles. The van der Waals surface area contributed by atoms with Crippen LogP contribution in [0.5, 0.6) is 0 Å². The number of carbonyl (C=O) groups is 4. The van der Waals surface area contributed by atoms with Crippen LogP contribution in [0.3, 0.4) is 0 Å². The standard InChI is InChI=1S/C30H33Cl2N3O6/c1-40-29(39)30-10-4-2-3-7-25(30)35(19-20-8-9-22(31)17-23(20)32)27(37)21(18-30)16-26(36)33-11-13-34(14-12-33)28(38)24-6-5-15-41-24/h5-9,15,17,21H,2-4,10-14,16,18-19H2,1H3/t21-,30+/m1/s1. The van der Waals surface area contributed by atoms with E-state index >= 15 is 0 Å². The molecular formula is C30H33Cl2N3O6. The average Bonchev–Trinajstić information content (AvgIpc) is 3.43. The Bertz CT molecular complexity index is 1350. The summed E-state index contributed by atoms with van der Waals surface area (Å²) in [4.78, 5) is 58.6. The van der Waals surface area contributed by atoms with E-state index in [4.69, 9.17) is 32.4 Å². The molecule has 2 fully saturated rings. The van der Waals surface area contributed by atoms with Gasteiger partial charge in [-0.1, -0.05) is 41.8 Å². The molecular weight excluding hydrogens is 569 g/mol. The van der Waals surface area contributed by atoms with Crippen molar-refractivity contribution in [3.63, 3.8) is 0 Å². The van der Waals surface area contributed by atoms with Crippen molar-refractivity contribution in [1.29, 1.82) is 0 Å². The number of amides is 3. The number of hydrogen-bond donors (Lipinski definition) is 0. The van der Waals surface area contributed by atoms with Crippen LogP contribution >= 0.6 is 23.2 Å². The van der Waals surface area contributed by atoms with E-state index in [0.29, 0.717) is 53.9 Å². The molecule has 5 rings (SSSR count). The molecule has 2 aliphatic heterocycles. The van der Waals surface area contributed by atoms with Crippen molar-refractivity contribution in [2.45, 2.75) is 45.1 Å². The third-order valence-electron chi connectivity index (χ3n) is 8.38. The van der Waals surface area contributed by atoms with E-state index in [2.05, 4.69) is 0 Å². The van der Waals surface area contributed by atoms with E-state index in [0.717, 1.165) is 19.3 Å². The predicted molar refractivity (Wildman–Crippen MR) is 152 cm³/mol. The zero-order chi connectivity index (χ0) is 29.1. The van der Waals surface area contributed by atoms with Crippen LogP contribution in [-0.2, 0) is 25.7 Å². The largest absolute Gasteiger partial charge is 0.468 e. The number of carbonyl (C=O) groups excluding carboxylic acids is 4. The lowest BCUT2D eigenvalue weighted by atomic mass is 9.69. The van der Waals surface area contributed by atoms with E-state index in [1.165, 1.54) is 13.4 Å². The fraction of sp³-hybridized carbons (Fsp3) is 0.467. The Morgan fingerprint density at radius 1 is 1.07 bits per heavy atom. The van der Waals surface area contributed by atoms with Crippen LogP contribution in [-0.4, -0.2) is 71.7 Å². The maximum Gasteiger partial charge on any atom is 0.317 e. The number of hydrogen-bond acceptors (Lipinski definition) is 6. The van der Waals surface area contributed by atoms with Gasteiger partial charge in [-0.3, -0.25) is 19.2 Å². The maximum absolute atomic E-state index is 14.0. The first-order valence-electron chi connectivity index (χ1n) is 13.9. The quantitative estimate of drug-likeness (QED) is 0.435. The molecule has 2 aromatic rings. The maximum atomic E-state index is 14.0. The Morgan fingerprint density at radius 3 is 2.51 bits per heavy atom. The highest BCUT2D eigenvalue weighted by atomic mass is 35.5. The van der Waals surface area contributed by atoms with Gasteiger partial charge in [0, 0.05) is 54.3 Å². The van der Waals surface area contributed by atoms with E-state index < -0.39 is 17.3 Å². The highest BCUT2D eigenvalue weighted by molar-refractivity contribution is 6.35. The van der Waals surface area contributed by atoms with Crippen molar-refractivity contribution >= 4 is 46.9 Å². The van der Waals surface area contributed by atoms with Crippen LogP contribution in [0, 0.1) is 11.3 Å². The Balaban J connectivity index is 1.37. The fourth-order valence-electron chi connectivity index (χ4n) is 6.24. The number of piperidine rings is 1. The van der Waals surface area contributed by atoms with E-state index in [9.17, 15) is 19.2 Å². The van der Waals surface area contributed by atoms with Gasteiger partial charge in [-0.05, 0) is 55.5 Å². The van der Waals surface area contributed by atoms with Gasteiger partial charge in [0.25, 0.3) is 5.91 Å². The van der Waals surface area contributed by atoms with Gasteiger partial charge in [0.2, 0.25) is 11.8 Å². The fourth-order valence-corrected chi connectivity index (χ4v) is 6.71. The molecule has 0 saturated carbocycles. The lowest BCUT2D eigenvalue weighted by molar-refractivity contribution is -0.160. The molecule has 218 valence electrons. The van der Waals surface area contributed by atoms with Crippen LogP contribution < -0.4 is 0 Å². The van der Waals surface area contributed by atoms with E-state index in [1.54, 1.807) is 45.0 Å². The second-order valence-electron chi connectivity index (χ2n) is 10.8. The monoisotopic (exact) mass is 601 g/mol. The molecule has 0 unspecified atom stereocenters. The number of nitrogens with zero attached hydrogens (tertiary/aromatic N) is 3. The van der Waals surface area contributed by atoms with Crippen LogP contribution in [0.2, 0.25) is 10.0 Å². The Hall–Kier alpha value is -3.30. The van der Waals surface area contributed by atoms with Crippen molar-refractivity contribution in [1.82, 2.24) is 14.7 Å². The number of fused-ring (bicyclic) bond motifs is 1. The Morgan fingerprint density at radius 2 is 1.83 bits per heavy atom. The molecule has 2 atom stereocenters. The number of piperazine rings is 1. The van der Waals surface area contributed by atoms with E-state index in [1.807, 2.05) is 6.08 Å². The van der Waals surface area contributed by atoms with Crippen molar-refractivity contribution in [2.24, 2.45) is 11.3 Å². The molecule has 0 N–H and O–H groups in total. The lowest BCUT2D eigenvalue weighted by Crippen LogP contribution is -2.54. The summed E-state index contributed by atoms with van der Waals surface area (Å²) >= 11 is 12.6. The minimum Gasteiger partial charge on any atom is -0.468 e. The second kappa shape index (κ2) is 12.3. The van der Waals surface area contributed by atoms with Gasteiger partial charge in [0.1, 0.15) is 5.41 Å². The molecule has 3 amide bonds. The number of likely N-dealkylation sites (tertiary alicyclic amines) is 1. The molecule has 1 aromatic carbocycles. The number of ether oxygens (including phenoxy) is 1. The number of allylic oxidation sites excluding steroid dienone is 1. The molecule has 0 bridgehead atoms. The van der Waals surface area contributed by atoms with Gasteiger partial charge < -0.3 is 23.9 Å². The summed E-state index contributed by atoms with van der Waals surface area (Å²) in [5.74, 6) is -1.46. The third kappa shape index (κ3) is 5.88. The normalized spacial score (nSPS) is 23.0. The molecule has 0 spiro atoms. The topological polar surface area (TPSA) is 100 Å². The molecule has 11 heteroatoms. The van der Waals surface area contributed by atoms with Gasteiger partial charge in [-0.2, -0.15) is 0 Å². The Labute approximate surface area is 249 Å².